The summed E-state index contributed by atoms with van der Waals surface area (Å²) in [6.07, 6.45) is 1.15. The van der Waals surface area contributed by atoms with E-state index in [4.69, 9.17) is 4.98 Å². The molecule has 3 heterocycles. The van der Waals surface area contributed by atoms with E-state index >= 15 is 0 Å². The standard InChI is InChI=1S/C15H14N2S2/c1-9-2-3-13-11(8-9)17-15(19-13)14-10-5-7-18-12(10)4-6-16-14/h2-3,5,7-8,14,16H,4,6H2,1H3. The first-order valence-corrected chi connectivity index (χ1v) is 8.17. The maximum atomic E-state index is 4.84. The molecule has 0 fully saturated rings. The first-order chi connectivity index (χ1) is 9.31. The van der Waals surface area contributed by atoms with Gasteiger partial charge in [-0.1, -0.05) is 6.07 Å². The minimum absolute atomic E-state index is 0.285. The molecule has 19 heavy (non-hydrogen) atoms. The van der Waals surface area contributed by atoms with Crippen LogP contribution < -0.4 is 5.32 Å². The Morgan fingerprint density at radius 2 is 2.26 bits per heavy atom. The Hall–Kier alpha value is -1.23. The predicted molar refractivity (Wildman–Crippen MR) is 82.2 cm³/mol. The molecule has 1 aromatic carbocycles. The highest BCUT2D eigenvalue weighted by molar-refractivity contribution is 7.18. The monoisotopic (exact) mass is 286 g/mol. The van der Waals surface area contributed by atoms with Crippen LogP contribution in [0.3, 0.4) is 0 Å². The molecule has 1 aliphatic heterocycles. The molecule has 2 nitrogen and oxygen atoms in total. The fraction of sp³-hybridized carbons (Fsp3) is 0.267. The highest BCUT2D eigenvalue weighted by Crippen LogP contribution is 2.35. The van der Waals surface area contributed by atoms with Gasteiger partial charge in [0.2, 0.25) is 0 Å². The number of thiazole rings is 1. The van der Waals surface area contributed by atoms with Crippen molar-refractivity contribution in [3.8, 4) is 0 Å². The maximum Gasteiger partial charge on any atom is 0.115 e. The van der Waals surface area contributed by atoms with Crippen molar-refractivity contribution in [3.63, 3.8) is 0 Å². The molecule has 1 aliphatic rings. The largest absolute Gasteiger partial charge is 0.304 e. The Labute approximate surface area is 120 Å². The maximum absolute atomic E-state index is 4.84. The summed E-state index contributed by atoms with van der Waals surface area (Å²) in [5, 5.41) is 7.00. The van der Waals surface area contributed by atoms with Crippen molar-refractivity contribution in [2.24, 2.45) is 0 Å². The van der Waals surface area contributed by atoms with Gasteiger partial charge in [0.05, 0.1) is 16.3 Å². The zero-order chi connectivity index (χ0) is 12.8. The fourth-order valence-electron chi connectivity index (χ4n) is 2.65. The normalized spacial score (nSPS) is 18.7. The quantitative estimate of drug-likeness (QED) is 0.734. The van der Waals surface area contributed by atoms with E-state index in [1.807, 2.05) is 22.7 Å². The van der Waals surface area contributed by atoms with Gasteiger partial charge in [-0.25, -0.2) is 4.98 Å². The van der Waals surface area contributed by atoms with Crippen LogP contribution in [0.2, 0.25) is 0 Å². The third-order valence-electron chi connectivity index (χ3n) is 3.60. The topological polar surface area (TPSA) is 24.9 Å². The predicted octanol–water partition coefficient (Wildman–Crippen LogP) is 3.90. The summed E-state index contributed by atoms with van der Waals surface area (Å²) in [5.74, 6) is 0. The average molecular weight is 286 g/mol. The van der Waals surface area contributed by atoms with Crippen LogP contribution >= 0.6 is 22.7 Å². The molecular weight excluding hydrogens is 272 g/mol. The lowest BCUT2D eigenvalue weighted by molar-refractivity contribution is 0.573. The van der Waals surface area contributed by atoms with Crippen molar-refractivity contribution in [3.05, 3.63) is 50.7 Å². The second-order valence-corrected chi connectivity index (χ2v) is 7.02. The second kappa shape index (κ2) is 4.40. The number of fused-ring (bicyclic) bond motifs is 2. The van der Waals surface area contributed by atoms with Crippen LogP contribution in [0.1, 0.15) is 27.1 Å². The molecule has 3 aromatic rings. The van der Waals surface area contributed by atoms with E-state index in [2.05, 4.69) is 41.9 Å². The van der Waals surface area contributed by atoms with Crippen molar-refractivity contribution in [2.45, 2.75) is 19.4 Å². The molecule has 4 heteroatoms. The number of benzene rings is 1. The van der Waals surface area contributed by atoms with Gasteiger partial charge in [0.15, 0.2) is 0 Å². The van der Waals surface area contributed by atoms with E-state index in [-0.39, 0.29) is 6.04 Å². The molecule has 1 N–H and O–H groups in total. The summed E-state index contributed by atoms with van der Waals surface area (Å²) in [7, 11) is 0. The number of hydrogen-bond donors (Lipinski definition) is 1. The lowest BCUT2D eigenvalue weighted by Crippen LogP contribution is -2.29. The molecule has 0 saturated heterocycles. The lowest BCUT2D eigenvalue weighted by Gasteiger charge is -2.22. The van der Waals surface area contributed by atoms with Crippen molar-refractivity contribution in [1.82, 2.24) is 10.3 Å². The Kier molecular flexibility index (Phi) is 2.69. The number of aromatic nitrogens is 1. The van der Waals surface area contributed by atoms with Crippen molar-refractivity contribution < 1.29 is 0 Å². The van der Waals surface area contributed by atoms with Crippen molar-refractivity contribution in [1.29, 1.82) is 0 Å². The van der Waals surface area contributed by atoms with Crippen molar-refractivity contribution in [2.75, 3.05) is 6.54 Å². The van der Waals surface area contributed by atoms with E-state index < -0.39 is 0 Å². The van der Waals surface area contributed by atoms with Crippen LogP contribution in [-0.4, -0.2) is 11.5 Å². The van der Waals surface area contributed by atoms with E-state index in [0.29, 0.717) is 0 Å². The van der Waals surface area contributed by atoms with Crippen LogP contribution in [0.15, 0.2) is 29.6 Å². The third-order valence-corrected chi connectivity index (χ3v) is 5.70. The highest BCUT2D eigenvalue weighted by Gasteiger charge is 2.24. The Balaban J connectivity index is 1.83. The number of nitrogens with zero attached hydrogens (tertiary/aromatic N) is 1. The highest BCUT2D eigenvalue weighted by atomic mass is 32.1. The Morgan fingerprint density at radius 1 is 1.32 bits per heavy atom. The summed E-state index contributed by atoms with van der Waals surface area (Å²) in [6.45, 7) is 3.17. The first kappa shape index (κ1) is 11.6. The molecule has 4 rings (SSSR count). The summed E-state index contributed by atoms with van der Waals surface area (Å²) < 4.78 is 1.28. The lowest BCUT2D eigenvalue weighted by atomic mass is 10.0. The summed E-state index contributed by atoms with van der Waals surface area (Å²) in [5.41, 5.74) is 3.83. The van der Waals surface area contributed by atoms with Crippen LogP contribution in [0.4, 0.5) is 0 Å². The molecule has 0 spiro atoms. The minimum atomic E-state index is 0.285. The third kappa shape index (κ3) is 1.91. The number of thiophene rings is 1. The number of hydrogen-bond acceptors (Lipinski definition) is 4. The molecule has 1 atom stereocenters. The molecule has 1 unspecified atom stereocenters. The summed E-state index contributed by atoms with van der Waals surface area (Å²) in [4.78, 5) is 6.35. The molecule has 0 amide bonds. The zero-order valence-electron chi connectivity index (χ0n) is 10.6. The van der Waals surface area contributed by atoms with Gasteiger partial charge >= 0.3 is 0 Å². The summed E-state index contributed by atoms with van der Waals surface area (Å²) in [6, 6.07) is 9.05. The molecule has 0 bridgehead atoms. The van der Waals surface area contributed by atoms with E-state index in [1.165, 1.54) is 25.7 Å². The molecule has 0 aliphatic carbocycles. The zero-order valence-corrected chi connectivity index (χ0v) is 12.3. The summed E-state index contributed by atoms with van der Waals surface area (Å²) >= 11 is 3.68. The van der Waals surface area contributed by atoms with Gasteiger partial charge in [0, 0.05) is 11.4 Å². The van der Waals surface area contributed by atoms with Gasteiger partial charge in [-0.2, -0.15) is 0 Å². The molecular formula is C15H14N2S2. The van der Waals surface area contributed by atoms with Crippen molar-refractivity contribution >= 4 is 32.9 Å². The SMILES string of the molecule is Cc1ccc2sc(C3NCCc4sccc43)nc2c1. The Bertz CT molecular complexity index is 742. The van der Waals surface area contributed by atoms with Crippen LogP contribution in [0, 0.1) is 6.92 Å². The van der Waals surface area contributed by atoms with Gasteiger partial charge in [0.25, 0.3) is 0 Å². The van der Waals surface area contributed by atoms with Crippen LogP contribution in [0.5, 0.6) is 0 Å². The van der Waals surface area contributed by atoms with E-state index in [0.717, 1.165) is 18.5 Å². The van der Waals surface area contributed by atoms with Gasteiger partial charge in [-0.05, 0) is 48.1 Å². The molecule has 0 saturated carbocycles. The van der Waals surface area contributed by atoms with Gasteiger partial charge in [-0.3, -0.25) is 0 Å². The second-order valence-electron chi connectivity index (χ2n) is 4.96. The fourth-order valence-corrected chi connectivity index (χ4v) is 4.61. The van der Waals surface area contributed by atoms with E-state index in [9.17, 15) is 0 Å². The van der Waals surface area contributed by atoms with Gasteiger partial charge in [0.1, 0.15) is 5.01 Å². The number of nitrogens with one attached hydrogen (secondary N) is 1. The first-order valence-electron chi connectivity index (χ1n) is 6.48. The Morgan fingerprint density at radius 3 is 3.21 bits per heavy atom. The molecule has 96 valence electrons. The number of aryl methyl sites for hydroxylation is 1. The molecule has 2 aromatic heterocycles. The minimum Gasteiger partial charge on any atom is -0.304 e. The smallest absolute Gasteiger partial charge is 0.115 e. The van der Waals surface area contributed by atoms with Crippen LogP contribution in [0.25, 0.3) is 10.2 Å². The number of rotatable bonds is 1. The van der Waals surface area contributed by atoms with Gasteiger partial charge < -0.3 is 5.32 Å². The molecule has 0 radical (unpaired) electrons. The van der Waals surface area contributed by atoms with E-state index in [1.54, 1.807) is 0 Å². The van der Waals surface area contributed by atoms with Gasteiger partial charge in [-0.15, -0.1) is 22.7 Å². The average Bonchev–Trinajstić information content (AvgIpc) is 3.03. The van der Waals surface area contributed by atoms with Crippen LogP contribution in [-0.2, 0) is 6.42 Å².